The van der Waals surface area contributed by atoms with Crippen LogP contribution in [0.3, 0.4) is 0 Å². The van der Waals surface area contributed by atoms with Crippen molar-refractivity contribution in [3.8, 4) is 0 Å². The fourth-order valence-corrected chi connectivity index (χ4v) is 1.74. The fraction of sp³-hybridized carbons (Fsp3) is 0.231. The third kappa shape index (κ3) is 2.04. The molecule has 0 aliphatic rings. The summed E-state index contributed by atoms with van der Waals surface area (Å²) in [6, 6.07) is 8.12. The summed E-state index contributed by atoms with van der Waals surface area (Å²) >= 11 is 0. The van der Waals surface area contributed by atoms with Crippen molar-refractivity contribution >= 4 is 17.1 Å². The van der Waals surface area contributed by atoms with Gasteiger partial charge in [-0.1, -0.05) is 31.2 Å². The minimum atomic E-state index is 0.0533. The van der Waals surface area contributed by atoms with Crippen LogP contribution < -0.4 is 0 Å². The lowest BCUT2D eigenvalue weighted by Crippen LogP contribution is -2.01. The third-order valence-electron chi connectivity index (χ3n) is 2.52. The van der Waals surface area contributed by atoms with Crippen molar-refractivity contribution in [3.63, 3.8) is 0 Å². The molecule has 1 unspecified atom stereocenters. The van der Waals surface area contributed by atoms with Crippen LogP contribution in [0.2, 0.25) is 0 Å². The zero-order valence-corrected chi connectivity index (χ0v) is 8.68. The number of hydrogen-bond donors (Lipinski definition) is 0. The Morgan fingerprint density at radius 1 is 1.33 bits per heavy atom. The summed E-state index contributed by atoms with van der Waals surface area (Å²) in [6.07, 6.45) is 5.45. The van der Waals surface area contributed by atoms with Gasteiger partial charge in [-0.25, -0.2) is 0 Å². The average molecular weight is 199 g/mol. The Morgan fingerprint density at radius 3 is 2.93 bits per heavy atom. The molecule has 2 rings (SSSR count). The molecule has 0 bridgehead atoms. The zero-order valence-electron chi connectivity index (χ0n) is 8.68. The second-order valence-electron chi connectivity index (χ2n) is 3.84. The van der Waals surface area contributed by atoms with Crippen LogP contribution in [0, 0.1) is 5.92 Å². The molecule has 0 spiro atoms. The van der Waals surface area contributed by atoms with E-state index in [0.29, 0.717) is 0 Å². The van der Waals surface area contributed by atoms with Crippen molar-refractivity contribution < 1.29 is 4.79 Å². The number of benzene rings is 1. The van der Waals surface area contributed by atoms with Gasteiger partial charge in [-0.2, -0.15) is 0 Å². The maximum Gasteiger partial charge on any atom is 0.123 e. The predicted molar refractivity (Wildman–Crippen MR) is 60.7 cm³/mol. The van der Waals surface area contributed by atoms with Crippen LogP contribution in [0.4, 0.5) is 0 Å². The summed E-state index contributed by atoms with van der Waals surface area (Å²) in [5, 5.41) is 2.33. The highest BCUT2D eigenvalue weighted by atomic mass is 16.1. The van der Waals surface area contributed by atoms with Gasteiger partial charge in [0, 0.05) is 23.7 Å². The molecule has 1 atom stereocenters. The molecule has 0 amide bonds. The number of rotatable bonds is 3. The first-order valence-corrected chi connectivity index (χ1v) is 5.08. The lowest BCUT2D eigenvalue weighted by molar-refractivity contribution is -0.110. The van der Waals surface area contributed by atoms with Crippen LogP contribution >= 0.6 is 0 Å². The highest BCUT2D eigenvalue weighted by Crippen LogP contribution is 2.19. The normalized spacial score (nSPS) is 12.6. The van der Waals surface area contributed by atoms with Gasteiger partial charge in [0.2, 0.25) is 0 Å². The molecule has 0 saturated carbocycles. The zero-order chi connectivity index (χ0) is 10.7. The van der Waals surface area contributed by atoms with Crippen molar-refractivity contribution in [2.24, 2.45) is 5.92 Å². The van der Waals surface area contributed by atoms with Crippen molar-refractivity contribution in [2.45, 2.75) is 13.3 Å². The highest BCUT2D eigenvalue weighted by Gasteiger charge is 2.05. The van der Waals surface area contributed by atoms with Crippen molar-refractivity contribution in [3.05, 3.63) is 42.2 Å². The van der Waals surface area contributed by atoms with Crippen LogP contribution in [-0.2, 0) is 11.2 Å². The second-order valence-corrected chi connectivity index (χ2v) is 3.84. The molecule has 2 nitrogen and oxygen atoms in total. The molecule has 0 aliphatic carbocycles. The summed E-state index contributed by atoms with van der Waals surface area (Å²) in [6.45, 7) is 1.93. The van der Waals surface area contributed by atoms with Gasteiger partial charge in [0.25, 0.3) is 0 Å². The molecule has 1 aromatic carbocycles. The maximum absolute atomic E-state index is 10.6. The Balaban J connectivity index is 2.46. The van der Waals surface area contributed by atoms with Gasteiger partial charge in [0.15, 0.2) is 0 Å². The number of fused-ring (bicyclic) bond motifs is 1. The van der Waals surface area contributed by atoms with E-state index in [9.17, 15) is 4.79 Å². The number of aromatic nitrogens is 1. The smallest absolute Gasteiger partial charge is 0.123 e. The van der Waals surface area contributed by atoms with E-state index in [0.717, 1.165) is 23.7 Å². The third-order valence-corrected chi connectivity index (χ3v) is 2.52. The molecule has 0 fully saturated rings. The Hall–Kier alpha value is -1.70. The SMILES string of the molecule is CC(C=O)Cc1cncc2ccccc12. The van der Waals surface area contributed by atoms with E-state index in [2.05, 4.69) is 11.1 Å². The quantitative estimate of drug-likeness (QED) is 0.711. The topological polar surface area (TPSA) is 30.0 Å². The molecule has 0 radical (unpaired) electrons. The molecule has 0 saturated heterocycles. The molecular formula is C13H13NO. The van der Waals surface area contributed by atoms with Crippen LogP contribution in [0.1, 0.15) is 12.5 Å². The standard InChI is InChI=1S/C13H13NO/c1-10(9-15)6-12-8-14-7-11-4-2-3-5-13(11)12/h2-5,7-10H,6H2,1H3. The van der Waals surface area contributed by atoms with E-state index < -0.39 is 0 Å². The van der Waals surface area contributed by atoms with Gasteiger partial charge in [-0.05, 0) is 17.4 Å². The van der Waals surface area contributed by atoms with Crippen LogP contribution in [0.15, 0.2) is 36.7 Å². The predicted octanol–water partition coefficient (Wildman–Crippen LogP) is 2.61. The number of hydrogen-bond acceptors (Lipinski definition) is 2. The lowest BCUT2D eigenvalue weighted by Gasteiger charge is -2.07. The number of pyridine rings is 1. The summed E-state index contributed by atoms with van der Waals surface area (Å²) in [4.78, 5) is 14.8. The average Bonchev–Trinajstić information content (AvgIpc) is 2.29. The summed E-state index contributed by atoms with van der Waals surface area (Å²) in [5.41, 5.74) is 1.15. The highest BCUT2D eigenvalue weighted by molar-refractivity contribution is 5.84. The molecule has 2 aromatic rings. The first-order chi connectivity index (χ1) is 7.31. The largest absolute Gasteiger partial charge is 0.303 e. The maximum atomic E-state index is 10.6. The van der Waals surface area contributed by atoms with Crippen LogP contribution in [0.5, 0.6) is 0 Å². The van der Waals surface area contributed by atoms with Crippen molar-refractivity contribution in [1.29, 1.82) is 0 Å². The summed E-state index contributed by atoms with van der Waals surface area (Å²) in [7, 11) is 0. The number of nitrogens with zero attached hydrogens (tertiary/aromatic N) is 1. The Kier molecular flexibility index (Phi) is 2.77. The van der Waals surface area contributed by atoms with Gasteiger partial charge >= 0.3 is 0 Å². The molecule has 0 N–H and O–H groups in total. The molecule has 76 valence electrons. The molecule has 1 heterocycles. The fourth-order valence-electron chi connectivity index (χ4n) is 1.74. The number of carbonyl (C=O) groups is 1. The van der Waals surface area contributed by atoms with E-state index in [1.165, 1.54) is 5.39 Å². The Bertz CT molecular complexity index is 473. The second kappa shape index (κ2) is 4.22. The van der Waals surface area contributed by atoms with Gasteiger partial charge in [0.1, 0.15) is 6.29 Å². The van der Waals surface area contributed by atoms with Crippen molar-refractivity contribution in [1.82, 2.24) is 4.98 Å². The molecular weight excluding hydrogens is 186 g/mol. The van der Waals surface area contributed by atoms with E-state index >= 15 is 0 Å². The van der Waals surface area contributed by atoms with E-state index in [1.54, 1.807) is 0 Å². The minimum absolute atomic E-state index is 0.0533. The van der Waals surface area contributed by atoms with Gasteiger partial charge < -0.3 is 4.79 Å². The monoisotopic (exact) mass is 199 g/mol. The summed E-state index contributed by atoms with van der Waals surface area (Å²) in [5.74, 6) is 0.0533. The Labute approximate surface area is 89.0 Å². The van der Waals surface area contributed by atoms with Gasteiger partial charge in [0.05, 0.1) is 0 Å². The van der Waals surface area contributed by atoms with Crippen LogP contribution in [-0.4, -0.2) is 11.3 Å². The van der Waals surface area contributed by atoms with Crippen molar-refractivity contribution in [2.75, 3.05) is 0 Å². The number of carbonyl (C=O) groups excluding carboxylic acids is 1. The van der Waals surface area contributed by atoms with E-state index in [-0.39, 0.29) is 5.92 Å². The van der Waals surface area contributed by atoms with Crippen LogP contribution in [0.25, 0.3) is 10.8 Å². The van der Waals surface area contributed by atoms with Gasteiger partial charge in [-0.3, -0.25) is 4.98 Å². The Morgan fingerprint density at radius 2 is 2.13 bits per heavy atom. The van der Waals surface area contributed by atoms with E-state index in [1.807, 2.05) is 37.5 Å². The summed E-state index contributed by atoms with van der Waals surface area (Å²) < 4.78 is 0. The minimum Gasteiger partial charge on any atom is -0.303 e. The molecule has 2 heteroatoms. The van der Waals surface area contributed by atoms with E-state index in [4.69, 9.17) is 0 Å². The first kappa shape index (κ1) is 9.84. The molecule has 15 heavy (non-hydrogen) atoms. The molecule has 1 aromatic heterocycles. The van der Waals surface area contributed by atoms with Gasteiger partial charge in [-0.15, -0.1) is 0 Å². The first-order valence-electron chi connectivity index (χ1n) is 5.08. The molecule has 0 aliphatic heterocycles. The lowest BCUT2D eigenvalue weighted by atomic mass is 9.99. The number of aldehydes is 1.